The van der Waals surface area contributed by atoms with Gasteiger partial charge in [0, 0.05) is 24.1 Å². The number of ether oxygens (including phenoxy) is 1. The van der Waals surface area contributed by atoms with Gasteiger partial charge in [-0.2, -0.15) is 0 Å². The van der Waals surface area contributed by atoms with Crippen molar-refractivity contribution in [2.45, 2.75) is 12.8 Å². The third-order valence-corrected chi connectivity index (χ3v) is 4.17. The maximum atomic E-state index is 12.2. The molecule has 29 heavy (non-hydrogen) atoms. The van der Waals surface area contributed by atoms with Gasteiger partial charge in [-0.25, -0.2) is 0 Å². The van der Waals surface area contributed by atoms with Crippen LogP contribution in [0.5, 0.6) is 11.5 Å². The van der Waals surface area contributed by atoms with Crippen molar-refractivity contribution in [3.05, 3.63) is 90.8 Å². The largest absolute Gasteiger partial charge is 0.457 e. The lowest BCUT2D eigenvalue weighted by atomic mass is 10.2. The van der Waals surface area contributed by atoms with Crippen LogP contribution in [0.4, 0.5) is 5.69 Å². The zero-order valence-electron chi connectivity index (χ0n) is 15.6. The second-order valence-corrected chi connectivity index (χ2v) is 6.35. The molecule has 4 aromatic rings. The van der Waals surface area contributed by atoms with Gasteiger partial charge < -0.3 is 14.5 Å². The number of hydrogen-bond donors (Lipinski definition) is 1. The molecule has 144 valence electrons. The van der Waals surface area contributed by atoms with Crippen LogP contribution in [-0.2, 0) is 11.2 Å². The van der Waals surface area contributed by atoms with E-state index in [-0.39, 0.29) is 12.3 Å². The number of aromatic nitrogens is 2. The summed E-state index contributed by atoms with van der Waals surface area (Å²) < 4.78 is 11.4. The van der Waals surface area contributed by atoms with Crippen LogP contribution < -0.4 is 10.1 Å². The van der Waals surface area contributed by atoms with Crippen molar-refractivity contribution in [2.75, 3.05) is 5.32 Å². The maximum absolute atomic E-state index is 12.2. The van der Waals surface area contributed by atoms with Crippen molar-refractivity contribution >= 4 is 11.6 Å². The molecule has 6 heteroatoms. The zero-order chi connectivity index (χ0) is 19.9. The molecule has 0 atom stereocenters. The molecule has 0 fully saturated rings. The van der Waals surface area contributed by atoms with E-state index in [1.165, 1.54) is 0 Å². The molecular weight excluding hydrogens is 366 g/mol. The van der Waals surface area contributed by atoms with Crippen LogP contribution in [0.1, 0.15) is 12.3 Å². The maximum Gasteiger partial charge on any atom is 0.247 e. The Morgan fingerprint density at radius 2 is 1.48 bits per heavy atom. The van der Waals surface area contributed by atoms with Crippen molar-refractivity contribution in [3.63, 3.8) is 0 Å². The van der Waals surface area contributed by atoms with Crippen molar-refractivity contribution in [2.24, 2.45) is 0 Å². The first-order chi connectivity index (χ1) is 14.3. The summed E-state index contributed by atoms with van der Waals surface area (Å²) in [5.41, 5.74) is 1.56. The summed E-state index contributed by atoms with van der Waals surface area (Å²) in [5.74, 6) is 2.23. The number of nitrogens with one attached hydrogen (secondary N) is 1. The summed E-state index contributed by atoms with van der Waals surface area (Å²) in [4.78, 5) is 12.2. The van der Waals surface area contributed by atoms with Crippen LogP contribution in [0, 0.1) is 0 Å². The SMILES string of the molecule is O=C(CCc1nnc(-c2ccccc2)o1)Nc1ccc(Oc2ccccc2)cc1. The van der Waals surface area contributed by atoms with Gasteiger partial charge in [0.25, 0.3) is 0 Å². The van der Waals surface area contributed by atoms with Gasteiger partial charge in [0.1, 0.15) is 11.5 Å². The molecule has 0 spiro atoms. The first kappa shape index (κ1) is 18.4. The Bertz CT molecular complexity index is 1060. The van der Waals surface area contributed by atoms with Crippen molar-refractivity contribution in [1.82, 2.24) is 10.2 Å². The predicted molar refractivity (Wildman–Crippen MR) is 110 cm³/mol. The molecule has 0 aliphatic heterocycles. The number of carbonyl (C=O) groups is 1. The van der Waals surface area contributed by atoms with Gasteiger partial charge >= 0.3 is 0 Å². The Kier molecular flexibility index (Phi) is 5.62. The molecule has 1 heterocycles. The van der Waals surface area contributed by atoms with Gasteiger partial charge in [0.15, 0.2) is 0 Å². The number of carbonyl (C=O) groups excluding carboxylic acids is 1. The van der Waals surface area contributed by atoms with E-state index in [0.29, 0.717) is 29.6 Å². The molecule has 0 unspecified atom stereocenters. The average Bonchev–Trinajstić information content (AvgIpc) is 3.24. The minimum atomic E-state index is -0.124. The van der Waals surface area contributed by atoms with Crippen molar-refractivity contribution in [3.8, 4) is 23.0 Å². The van der Waals surface area contributed by atoms with E-state index in [2.05, 4.69) is 15.5 Å². The quantitative estimate of drug-likeness (QED) is 0.479. The van der Waals surface area contributed by atoms with E-state index < -0.39 is 0 Å². The van der Waals surface area contributed by atoms with Crippen LogP contribution in [0.2, 0.25) is 0 Å². The highest BCUT2D eigenvalue weighted by molar-refractivity contribution is 5.90. The van der Waals surface area contributed by atoms with E-state index in [0.717, 1.165) is 11.3 Å². The molecule has 3 aromatic carbocycles. The molecule has 0 saturated carbocycles. The number of aryl methyl sites for hydroxylation is 1. The molecule has 0 aliphatic carbocycles. The highest BCUT2D eigenvalue weighted by atomic mass is 16.5. The summed E-state index contributed by atoms with van der Waals surface area (Å²) in [6, 6.07) is 26.3. The smallest absolute Gasteiger partial charge is 0.247 e. The standard InChI is InChI=1S/C23H19N3O3/c27-21(15-16-22-25-26-23(29-22)17-7-3-1-4-8-17)24-18-11-13-20(14-12-18)28-19-9-5-2-6-10-19/h1-14H,15-16H2,(H,24,27). The summed E-state index contributed by atoms with van der Waals surface area (Å²) in [6.07, 6.45) is 0.625. The highest BCUT2D eigenvalue weighted by Crippen LogP contribution is 2.23. The number of para-hydroxylation sites is 1. The predicted octanol–water partition coefficient (Wildman–Crippen LogP) is 5.10. The number of benzene rings is 3. The Hall–Kier alpha value is -3.93. The summed E-state index contributed by atoms with van der Waals surface area (Å²) in [6.45, 7) is 0. The molecule has 1 N–H and O–H groups in total. The van der Waals surface area contributed by atoms with Gasteiger partial charge in [-0.05, 0) is 48.5 Å². The topological polar surface area (TPSA) is 77.2 Å². The Labute approximate surface area is 168 Å². The lowest BCUT2D eigenvalue weighted by Crippen LogP contribution is -2.12. The third kappa shape index (κ3) is 5.07. The van der Waals surface area contributed by atoms with Crippen molar-refractivity contribution in [1.29, 1.82) is 0 Å². The summed E-state index contributed by atoms with van der Waals surface area (Å²) in [5, 5.41) is 10.9. The van der Waals surface area contributed by atoms with E-state index in [9.17, 15) is 4.79 Å². The highest BCUT2D eigenvalue weighted by Gasteiger charge is 2.10. The van der Waals surface area contributed by atoms with Gasteiger partial charge in [0.2, 0.25) is 17.7 Å². The van der Waals surface area contributed by atoms with E-state index in [1.807, 2.05) is 72.8 Å². The Balaban J connectivity index is 1.28. The molecule has 0 saturated heterocycles. The van der Waals surface area contributed by atoms with E-state index in [1.54, 1.807) is 12.1 Å². The molecule has 1 amide bonds. The summed E-state index contributed by atoms with van der Waals surface area (Å²) >= 11 is 0. The first-order valence-corrected chi connectivity index (χ1v) is 9.27. The molecule has 1 aromatic heterocycles. The fourth-order valence-electron chi connectivity index (χ4n) is 2.73. The van der Waals surface area contributed by atoms with Gasteiger partial charge in [-0.15, -0.1) is 10.2 Å². The molecular formula is C23H19N3O3. The van der Waals surface area contributed by atoms with Crippen LogP contribution in [-0.4, -0.2) is 16.1 Å². The first-order valence-electron chi connectivity index (χ1n) is 9.27. The number of nitrogens with zero attached hydrogens (tertiary/aromatic N) is 2. The average molecular weight is 385 g/mol. The fourth-order valence-corrected chi connectivity index (χ4v) is 2.73. The molecule has 6 nitrogen and oxygen atoms in total. The fraction of sp³-hybridized carbons (Fsp3) is 0.0870. The monoisotopic (exact) mass is 385 g/mol. The third-order valence-electron chi connectivity index (χ3n) is 4.17. The zero-order valence-corrected chi connectivity index (χ0v) is 15.6. The van der Waals surface area contributed by atoms with E-state index in [4.69, 9.17) is 9.15 Å². The van der Waals surface area contributed by atoms with Crippen LogP contribution >= 0.6 is 0 Å². The second-order valence-electron chi connectivity index (χ2n) is 6.35. The number of hydrogen-bond acceptors (Lipinski definition) is 5. The lowest BCUT2D eigenvalue weighted by Gasteiger charge is -2.07. The number of amides is 1. The van der Waals surface area contributed by atoms with Crippen LogP contribution in [0.3, 0.4) is 0 Å². The normalized spacial score (nSPS) is 10.5. The van der Waals surface area contributed by atoms with Crippen LogP contribution in [0.25, 0.3) is 11.5 Å². The number of anilines is 1. The van der Waals surface area contributed by atoms with Gasteiger partial charge in [0.05, 0.1) is 0 Å². The minimum Gasteiger partial charge on any atom is -0.457 e. The second kappa shape index (κ2) is 8.84. The molecule has 0 radical (unpaired) electrons. The van der Waals surface area contributed by atoms with Crippen molar-refractivity contribution < 1.29 is 13.9 Å². The molecule has 4 rings (SSSR count). The van der Waals surface area contributed by atoms with Gasteiger partial charge in [-0.3, -0.25) is 4.79 Å². The molecule has 0 bridgehead atoms. The van der Waals surface area contributed by atoms with E-state index >= 15 is 0 Å². The Morgan fingerprint density at radius 1 is 0.828 bits per heavy atom. The molecule has 0 aliphatic rings. The Morgan fingerprint density at radius 3 is 2.21 bits per heavy atom. The summed E-state index contributed by atoms with van der Waals surface area (Å²) in [7, 11) is 0. The number of rotatable bonds is 7. The van der Waals surface area contributed by atoms with Gasteiger partial charge in [-0.1, -0.05) is 36.4 Å². The minimum absolute atomic E-state index is 0.124. The lowest BCUT2D eigenvalue weighted by molar-refractivity contribution is -0.116. The van der Waals surface area contributed by atoms with Crippen LogP contribution in [0.15, 0.2) is 89.3 Å².